The number of nitrogens with zero attached hydrogens (tertiary/aromatic N) is 1. The molecule has 1 aliphatic heterocycles. The third-order valence-electron chi connectivity index (χ3n) is 3.28. The van der Waals surface area contributed by atoms with Crippen LogP contribution in [0.1, 0.15) is 18.4 Å². The van der Waals surface area contributed by atoms with E-state index in [2.05, 4.69) is 10.6 Å². The van der Waals surface area contributed by atoms with Gasteiger partial charge in [-0.1, -0.05) is 6.07 Å². The molecular formula is C13H18ClN3O4. The molecule has 1 heterocycles. The second-order valence-corrected chi connectivity index (χ2v) is 4.63. The zero-order valence-electron chi connectivity index (χ0n) is 11.6. The Bertz CT molecular complexity index is 518. The number of rotatable bonds is 5. The van der Waals surface area contributed by atoms with E-state index in [0.717, 1.165) is 19.4 Å². The third kappa shape index (κ3) is 4.30. The maximum absolute atomic E-state index is 11.8. The number of methoxy groups -OCH3 is 1. The number of hydrogen-bond acceptors (Lipinski definition) is 5. The van der Waals surface area contributed by atoms with E-state index in [0.29, 0.717) is 5.56 Å². The lowest BCUT2D eigenvalue weighted by Crippen LogP contribution is -2.39. The maximum atomic E-state index is 11.8. The molecule has 1 atom stereocenters. The van der Waals surface area contributed by atoms with Gasteiger partial charge in [0.1, 0.15) is 0 Å². The molecule has 21 heavy (non-hydrogen) atoms. The topological polar surface area (TPSA) is 93.5 Å². The van der Waals surface area contributed by atoms with Gasteiger partial charge in [0.05, 0.1) is 18.1 Å². The minimum absolute atomic E-state index is 0. The largest absolute Gasteiger partial charge is 0.490 e. The predicted octanol–water partition coefficient (Wildman–Crippen LogP) is 1.39. The summed E-state index contributed by atoms with van der Waals surface area (Å²) in [5, 5.41) is 16.8. The molecule has 0 aromatic heterocycles. The number of nitrogens with one attached hydrogen (secondary N) is 2. The Morgan fingerprint density at radius 1 is 1.57 bits per heavy atom. The fraction of sp³-hybridized carbons (Fsp3) is 0.462. The van der Waals surface area contributed by atoms with Crippen molar-refractivity contribution in [2.24, 2.45) is 0 Å². The molecule has 116 valence electrons. The van der Waals surface area contributed by atoms with Crippen LogP contribution in [0, 0.1) is 10.1 Å². The molecule has 1 aromatic carbocycles. The number of hydrogen-bond donors (Lipinski definition) is 2. The Labute approximate surface area is 128 Å². The highest BCUT2D eigenvalue weighted by Gasteiger charge is 2.22. The van der Waals surface area contributed by atoms with Crippen LogP contribution in [0.5, 0.6) is 5.75 Å². The van der Waals surface area contributed by atoms with Crippen molar-refractivity contribution in [3.05, 3.63) is 33.9 Å². The summed E-state index contributed by atoms with van der Waals surface area (Å²) >= 11 is 0. The molecule has 1 fully saturated rings. The molecule has 0 saturated carbocycles. The summed E-state index contributed by atoms with van der Waals surface area (Å²) in [5.74, 6) is 0.142. The van der Waals surface area contributed by atoms with E-state index in [-0.39, 0.29) is 42.3 Å². The van der Waals surface area contributed by atoms with Crippen molar-refractivity contribution < 1.29 is 14.5 Å². The monoisotopic (exact) mass is 315 g/mol. The Kier molecular flexibility index (Phi) is 6.39. The third-order valence-corrected chi connectivity index (χ3v) is 3.28. The van der Waals surface area contributed by atoms with Gasteiger partial charge in [0.15, 0.2) is 5.75 Å². The van der Waals surface area contributed by atoms with E-state index in [1.165, 1.54) is 19.2 Å². The van der Waals surface area contributed by atoms with Crippen LogP contribution >= 0.6 is 12.4 Å². The van der Waals surface area contributed by atoms with Gasteiger partial charge in [0.25, 0.3) is 0 Å². The van der Waals surface area contributed by atoms with Gasteiger partial charge >= 0.3 is 5.69 Å². The van der Waals surface area contributed by atoms with E-state index < -0.39 is 4.92 Å². The summed E-state index contributed by atoms with van der Waals surface area (Å²) in [6, 6.07) is 4.51. The molecule has 0 radical (unpaired) electrons. The van der Waals surface area contributed by atoms with Crippen LogP contribution in [0.2, 0.25) is 0 Å². The van der Waals surface area contributed by atoms with Gasteiger partial charge in [0, 0.05) is 12.6 Å². The molecule has 1 aromatic rings. The van der Waals surface area contributed by atoms with Crippen LogP contribution in [0.25, 0.3) is 0 Å². The van der Waals surface area contributed by atoms with Crippen molar-refractivity contribution in [2.45, 2.75) is 25.4 Å². The maximum Gasteiger partial charge on any atom is 0.311 e. The van der Waals surface area contributed by atoms with Crippen LogP contribution in [0.4, 0.5) is 5.69 Å². The van der Waals surface area contributed by atoms with Crippen LogP contribution in [0.15, 0.2) is 18.2 Å². The highest BCUT2D eigenvalue weighted by molar-refractivity contribution is 5.85. The van der Waals surface area contributed by atoms with Crippen molar-refractivity contribution in [3.63, 3.8) is 0 Å². The number of benzene rings is 1. The number of carbonyl (C=O) groups is 1. The first kappa shape index (κ1) is 17.2. The van der Waals surface area contributed by atoms with Gasteiger partial charge in [-0.05, 0) is 31.0 Å². The van der Waals surface area contributed by atoms with Crippen LogP contribution in [-0.4, -0.2) is 30.5 Å². The molecular weight excluding hydrogens is 298 g/mol. The van der Waals surface area contributed by atoms with Crippen molar-refractivity contribution in [1.29, 1.82) is 0 Å². The molecule has 2 rings (SSSR count). The summed E-state index contributed by atoms with van der Waals surface area (Å²) in [7, 11) is 1.38. The summed E-state index contributed by atoms with van der Waals surface area (Å²) in [6.07, 6.45) is 1.82. The molecule has 1 unspecified atom stereocenters. The molecule has 1 aliphatic rings. The number of halogens is 1. The lowest BCUT2D eigenvalue weighted by atomic mass is 10.1. The zero-order chi connectivity index (χ0) is 14.5. The summed E-state index contributed by atoms with van der Waals surface area (Å²) in [5.41, 5.74) is 0.571. The van der Waals surface area contributed by atoms with Gasteiger partial charge in [-0.3, -0.25) is 14.9 Å². The lowest BCUT2D eigenvalue weighted by Gasteiger charge is -2.11. The number of nitro benzene ring substituents is 1. The second-order valence-electron chi connectivity index (χ2n) is 4.63. The van der Waals surface area contributed by atoms with E-state index in [4.69, 9.17) is 4.74 Å². The average molecular weight is 316 g/mol. The van der Waals surface area contributed by atoms with Crippen molar-refractivity contribution >= 4 is 24.0 Å². The SMILES string of the molecule is COc1ccc(CNC(=O)C2CCCN2)cc1[N+](=O)[O-].Cl. The summed E-state index contributed by atoms with van der Waals surface area (Å²) in [6.45, 7) is 1.12. The van der Waals surface area contributed by atoms with Crippen molar-refractivity contribution in [2.75, 3.05) is 13.7 Å². The van der Waals surface area contributed by atoms with Crippen LogP contribution < -0.4 is 15.4 Å². The van der Waals surface area contributed by atoms with E-state index >= 15 is 0 Å². The molecule has 8 heteroatoms. The molecule has 0 spiro atoms. The van der Waals surface area contributed by atoms with Gasteiger partial charge in [-0.2, -0.15) is 0 Å². The number of ether oxygens (including phenoxy) is 1. The highest BCUT2D eigenvalue weighted by Crippen LogP contribution is 2.27. The van der Waals surface area contributed by atoms with E-state index in [9.17, 15) is 14.9 Å². The summed E-state index contributed by atoms with van der Waals surface area (Å²) < 4.78 is 4.93. The zero-order valence-corrected chi connectivity index (χ0v) is 12.4. The summed E-state index contributed by atoms with van der Waals surface area (Å²) in [4.78, 5) is 22.2. The van der Waals surface area contributed by atoms with Crippen LogP contribution in [-0.2, 0) is 11.3 Å². The molecule has 0 aliphatic carbocycles. The van der Waals surface area contributed by atoms with Gasteiger partial charge in [-0.25, -0.2) is 0 Å². The minimum Gasteiger partial charge on any atom is -0.490 e. The first-order valence-electron chi connectivity index (χ1n) is 6.44. The molecule has 0 bridgehead atoms. The Morgan fingerprint density at radius 3 is 2.90 bits per heavy atom. The number of carbonyl (C=O) groups excluding carboxylic acids is 1. The Balaban J connectivity index is 0.00000220. The lowest BCUT2D eigenvalue weighted by molar-refractivity contribution is -0.385. The second kappa shape index (κ2) is 7.80. The van der Waals surface area contributed by atoms with Crippen molar-refractivity contribution in [1.82, 2.24) is 10.6 Å². The van der Waals surface area contributed by atoms with Crippen molar-refractivity contribution in [3.8, 4) is 5.75 Å². The minimum atomic E-state index is -0.497. The first-order chi connectivity index (χ1) is 9.61. The molecule has 2 N–H and O–H groups in total. The van der Waals surface area contributed by atoms with E-state index in [1.807, 2.05) is 0 Å². The Morgan fingerprint density at radius 2 is 2.33 bits per heavy atom. The average Bonchev–Trinajstić information content (AvgIpc) is 2.98. The first-order valence-corrected chi connectivity index (χ1v) is 6.44. The fourth-order valence-electron chi connectivity index (χ4n) is 2.21. The smallest absolute Gasteiger partial charge is 0.311 e. The normalized spacial score (nSPS) is 16.9. The number of amides is 1. The number of nitro groups is 1. The standard InChI is InChI=1S/C13H17N3O4.ClH/c1-20-12-5-4-9(7-11(12)16(18)19)8-15-13(17)10-3-2-6-14-10;/h4-5,7,10,14H,2-3,6,8H2,1H3,(H,15,17);1H. The fourth-order valence-corrected chi connectivity index (χ4v) is 2.21. The highest BCUT2D eigenvalue weighted by atomic mass is 35.5. The Hall–Kier alpha value is -1.86. The van der Waals surface area contributed by atoms with Gasteiger partial charge in [-0.15, -0.1) is 12.4 Å². The van der Waals surface area contributed by atoms with Gasteiger partial charge < -0.3 is 15.4 Å². The van der Waals surface area contributed by atoms with E-state index in [1.54, 1.807) is 6.07 Å². The molecule has 7 nitrogen and oxygen atoms in total. The quantitative estimate of drug-likeness (QED) is 0.632. The van der Waals surface area contributed by atoms with Crippen LogP contribution in [0.3, 0.4) is 0 Å². The predicted molar refractivity (Wildman–Crippen MR) is 79.8 cm³/mol. The molecule has 1 amide bonds. The van der Waals surface area contributed by atoms with Gasteiger partial charge in [0.2, 0.25) is 5.91 Å². The molecule has 1 saturated heterocycles.